The summed E-state index contributed by atoms with van der Waals surface area (Å²) in [7, 11) is 0. The highest BCUT2D eigenvalue weighted by Crippen LogP contribution is 2.27. The van der Waals surface area contributed by atoms with Crippen molar-refractivity contribution < 1.29 is 14.6 Å². The maximum absolute atomic E-state index is 10.5. The number of amides is 1. The summed E-state index contributed by atoms with van der Waals surface area (Å²) >= 11 is 0. The lowest BCUT2D eigenvalue weighted by Crippen LogP contribution is -2.04. The standard InChI is InChI=1S/C8H6N3O5/c9-8(12)4-5-1-2-6(10(13)14)7(3-5)11(15)16/h1-3,9H,4H2. The predicted octanol–water partition coefficient (Wildman–Crippen LogP) is 0.855. The summed E-state index contributed by atoms with van der Waals surface area (Å²) in [5.74, 6) is -0.914. The van der Waals surface area contributed by atoms with Crippen LogP contribution >= 0.6 is 0 Å². The van der Waals surface area contributed by atoms with Crippen LogP contribution in [0.4, 0.5) is 11.4 Å². The Morgan fingerprint density at radius 3 is 2.19 bits per heavy atom. The Labute approximate surface area is 89.0 Å². The molecule has 0 aliphatic carbocycles. The van der Waals surface area contributed by atoms with Crippen molar-refractivity contribution in [3.8, 4) is 0 Å². The number of nitrogens with one attached hydrogen (secondary N) is 1. The molecule has 1 rings (SSSR count). The molecule has 0 saturated carbocycles. The zero-order valence-corrected chi connectivity index (χ0v) is 7.87. The first-order chi connectivity index (χ1) is 7.41. The van der Waals surface area contributed by atoms with E-state index in [2.05, 4.69) is 0 Å². The third kappa shape index (κ3) is 2.50. The molecule has 0 heterocycles. The second-order valence-corrected chi connectivity index (χ2v) is 2.94. The van der Waals surface area contributed by atoms with Crippen LogP contribution in [0, 0.1) is 20.2 Å². The predicted molar refractivity (Wildman–Crippen MR) is 51.6 cm³/mol. The highest BCUT2D eigenvalue weighted by Gasteiger charge is 2.24. The van der Waals surface area contributed by atoms with Crippen molar-refractivity contribution in [3.63, 3.8) is 0 Å². The highest BCUT2D eigenvalue weighted by molar-refractivity contribution is 5.76. The van der Waals surface area contributed by atoms with Gasteiger partial charge in [0.05, 0.1) is 16.3 Å². The van der Waals surface area contributed by atoms with Gasteiger partial charge in [-0.05, 0) is 5.56 Å². The van der Waals surface area contributed by atoms with E-state index in [1.807, 2.05) is 0 Å². The third-order valence-corrected chi connectivity index (χ3v) is 1.80. The molecular weight excluding hydrogens is 218 g/mol. The fraction of sp³-hybridized carbons (Fsp3) is 0.125. The molecule has 0 aliphatic rings. The van der Waals surface area contributed by atoms with Crippen molar-refractivity contribution in [2.75, 3.05) is 0 Å². The Morgan fingerprint density at radius 2 is 1.75 bits per heavy atom. The average molecular weight is 224 g/mol. The molecule has 1 aromatic carbocycles. The molecule has 0 saturated heterocycles. The minimum absolute atomic E-state index is 0.206. The van der Waals surface area contributed by atoms with Crippen molar-refractivity contribution in [1.29, 1.82) is 0 Å². The first-order valence-corrected chi connectivity index (χ1v) is 4.08. The molecule has 83 valence electrons. The first kappa shape index (κ1) is 11.6. The molecule has 0 aromatic heterocycles. The summed E-state index contributed by atoms with van der Waals surface area (Å²) in [6.45, 7) is 0. The van der Waals surface area contributed by atoms with E-state index in [1.165, 1.54) is 6.07 Å². The number of nitrogens with zero attached hydrogens (tertiary/aromatic N) is 2. The number of carbonyl (C=O) groups is 1. The Morgan fingerprint density at radius 1 is 1.19 bits per heavy atom. The molecule has 0 aliphatic heterocycles. The van der Waals surface area contributed by atoms with Gasteiger partial charge in [0, 0.05) is 12.1 Å². The van der Waals surface area contributed by atoms with Crippen LogP contribution in [0.1, 0.15) is 5.56 Å². The van der Waals surface area contributed by atoms with Crippen molar-refractivity contribution in [2.45, 2.75) is 6.42 Å². The smallest absolute Gasteiger partial charge is 0.273 e. The van der Waals surface area contributed by atoms with Gasteiger partial charge in [0.25, 0.3) is 0 Å². The maximum Gasteiger partial charge on any atom is 0.346 e. The van der Waals surface area contributed by atoms with E-state index in [0.717, 1.165) is 12.1 Å². The second-order valence-electron chi connectivity index (χ2n) is 2.94. The summed E-state index contributed by atoms with van der Waals surface area (Å²) in [5.41, 5.74) is 5.58. The molecule has 0 atom stereocenters. The quantitative estimate of drug-likeness (QED) is 0.553. The minimum Gasteiger partial charge on any atom is -0.273 e. The van der Waals surface area contributed by atoms with Gasteiger partial charge in [0.2, 0.25) is 5.91 Å². The van der Waals surface area contributed by atoms with Crippen molar-refractivity contribution >= 4 is 17.3 Å². The lowest BCUT2D eigenvalue weighted by molar-refractivity contribution is -0.422. The monoisotopic (exact) mass is 224 g/mol. The van der Waals surface area contributed by atoms with Crippen LogP contribution in [0.15, 0.2) is 18.2 Å². The van der Waals surface area contributed by atoms with Gasteiger partial charge in [-0.3, -0.25) is 30.8 Å². The van der Waals surface area contributed by atoms with E-state index >= 15 is 0 Å². The van der Waals surface area contributed by atoms with Crippen LogP contribution in [0.2, 0.25) is 0 Å². The van der Waals surface area contributed by atoms with E-state index in [0.29, 0.717) is 0 Å². The van der Waals surface area contributed by atoms with Gasteiger partial charge in [0.15, 0.2) is 0 Å². The third-order valence-electron chi connectivity index (χ3n) is 1.80. The van der Waals surface area contributed by atoms with Crippen molar-refractivity contribution in [1.82, 2.24) is 5.73 Å². The normalized spacial score (nSPS) is 9.75. The van der Waals surface area contributed by atoms with E-state index in [-0.39, 0.29) is 12.0 Å². The minimum atomic E-state index is -0.914. The van der Waals surface area contributed by atoms with E-state index < -0.39 is 27.1 Å². The van der Waals surface area contributed by atoms with Gasteiger partial charge in [-0.15, -0.1) is 0 Å². The number of nitro benzene ring substituents is 2. The average Bonchev–Trinajstić information content (AvgIpc) is 2.16. The topological polar surface area (TPSA) is 127 Å². The van der Waals surface area contributed by atoms with Crippen LogP contribution in [0.25, 0.3) is 0 Å². The molecule has 1 radical (unpaired) electrons. The molecule has 8 heteroatoms. The Hall–Kier alpha value is -2.51. The summed E-state index contributed by atoms with van der Waals surface area (Å²) in [6, 6.07) is 3.11. The molecule has 16 heavy (non-hydrogen) atoms. The lowest BCUT2D eigenvalue weighted by Gasteiger charge is -1.98. The van der Waals surface area contributed by atoms with Gasteiger partial charge in [-0.25, -0.2) is 0 Å². The largest absolute Gasteiger partial charge is 0.346 e. The molecule has 0 bridgehead atoms. The number of nitro groups is 2. The molecule has 8 nitrogen and oxygen atoms in total. The van der Waals surface area contributed by atoms with Crippen LogP contribution in [0.5, 0.6) is 0 Å². The molecule has 0 fully saturated rings. The molecule has 0 unspecified atom stereocenters. The van der Waals surface area contributed by atoms with E-state index in [4.69, 9.17) is 5.73 Å². The summed E-state index contributed by atoms with van der Waals surface area (Å²) < 4.78 is 0. The summed E-state index contributed by atoms with van der Waals surface area (Å²) in [5, 5.41) is 21.0. The van der Waals surface area contributed by atoms with Crippen molar-refractivity contribution in [2.24, 2.45) is 0 Å². The van der Waals surface area contributed by atoms with Crippen LogP contribution in [-0.4, -0.2) is 15.8 Å². The zero-order valence-electron chi connectivity index (χ0n) is 7.87. The first-order valence-electron chi connectivity index (χ1n) is 4.08. The molecule has 1 amide bonds. The fourth-order valence-corrected chi connectivity index (χ4v) is 1.16. The number of hydrogen-bond acceptors (Lipinski definition) is 5. The second kappa shape index (κ2) is 4.34. The Kier molecular flexibility index (Phi) is 3.14. The number of carbonyl (C=O) groups excluding carboxylic acids is 1. The van der Waals surface area contributed by atoms with Gasteiger partial charge in [-0.1, -0.05) is 6.07 Å². The van der Waals surface area contributed by atoms with Gasteiger partial charge >= 0.3 is 11.4 Å². The lowest BCUT2D eigenvalue weighted by atomic mass is 10.1. The van der Waals surface area contributed by atoms with Gasteiger partial charge < -0.3 is 0 Å². The SMILES string of the molecule is [NH]C(=O)Cc1ccc([N+](=O)[O-])c([N+](=O)[O-])c1. The fourth-order valence-electron chi connectivity index (χ4n) is 1.16. The van der Waals surface area contributed by atoms with Crippen LogP contribution in [0.3, 0.4) is 0 Å². The van der Waals surface area contributed by atoms with E-state index in [1.54, 1.807) is 0 Å². The van der Waals surface area contributed by atoms with Gasteiger partial charge in [0.1, 0.15) is 0 Å². The van der Waals surface area contributed by atoms with Crippen LogP contribution < -0.4 is 5.73 Å². The number of hydrogen-bond donors (Lipinski definition) is 0. The Bertz CT molecular complexity index is 471. The van der Waals surface area contributed by atoms with Gasteiger partial charge in [-0.2, -0.15) is 0 Å². The maximum atomic E-state index is 10.5. The number of rotatable bonds is 4. The van der Waals surface area contributed by atoms with E-state index in [9.17, 15) is 25.0 Å². The summed E-state index contributed by atoms with van der Waals surface area (Å²) in [6.07, 6.45) is -0.307. The molecule has 1 aromatic rings. The summed E-state index contributed by atoms with van der Waals surface area (Å²) in [4.78, 5) is 29.7. The molecular formula is C8H6N3O5. The molecule has 0 spiro atoms. The van der Waals surface area contributed by atoms with Crippen LogP contribution in [-0.2, 0) is 11.2 Å². The Balaban J connectivity index is 3.22. The van der Waals surface area contributed by atoms with Crippen molar-refractivity contribution in [3.05, 3.63) is 44.0 Å². The molecule has 1 N–H and O–H groups in total. The zero-order chi connectivity index (χ0) is 12.3. The highest BCUT2D eigenvalue weighted by atomic mass is 16.6. The number of benzene rings is 1.